The Morgan fingerprint density at radius 3 is 2.12 bits per heavy atom. The molecule has 0 spiro atoms. The van der Waals surface area contributed by atoms with Gasteiger partial charge in [-0.2, -0.15) is 0 Å². The van der Waals surface area contributed by atoms with Crippen molar-refractivity contribution in [2.24, 2.45) is 0 Å². The van der Waals surface area contributed by atoms with Crippen molar-refractivity contribution in [3.8, 4) is 0 Å². The number of hydrogen-bond donors (Lipinski definition) is 2. The van der Waals surface area contributed by atoms with E-state index in [1.165, 1.54) is 24.3 Å². The molecular formula is C18H22FNO3S. The molecule has 2 rings (SSSR count). The first-order chi connectivity index (χ1) is 11.3. The molecule has 0 saturated carbocycles. The van der Waals surface area contributed by atoms with E-state index in [1.807, 2.05) is 37.3 Å². The molecule has 0 aliphatic heterocycles. The molecule has 3 unspecified atom stereocenters. The van der Waals surface area contributed by atoms with Gasteiger partial charge in [0.2, 0.25) is 0 Å². The lowest BCUT2D eigenvalue weighted by atomic mass is 10.0. The van der Waals surface area contributed by atoms with Crippen LogP contribution in [0.15, 0.2) is 59.5 Å². The maximum Gasteiger partial charge on any atom is 0.175 e. The summed E-state index contributed by atoms with van der Waals surface area (Å²) in [5.74, 6) is 0. The summed E-state index contributed by atoms with van der Waals surface area (Å²) in [6.07, 6.45) is 0.0427. The van der Waals surface area contributed by atoms with Crippen LogP contribution in [0.2, 0.25) is 0 Å². The van der Waals surface area contributed by atoms with Gasteiger partial charge in [0.15, 0.2) is 9.84 Å². The number of alkyl halides is 1. The Morgan fingerprint density at radius 1 is 1.04 bits per heavy atom. The molecular weight excluding hydrogens is 329 g/mol. The molecule has 0 amide bonds. The van der Waals surface area contributed by atoms with Crippen LogP contribution in [0.5, 0.6) is 0 Å². The molecule has 24 heavy (non-hydrogen) atoms. The fourth-order valence-electron chi connectivity index (χ4n) is 2.52. The van der Waals surface area contributed by atoms with Crippen molar-refractivity contribution in [3.63, 3.8) is 0 Å². The smallest absolute Gasteiger partial charge is 0.175 e. The second-order valence-electron chi connectivity index (χ2n) is 5.85. The highest BCUT2D eigenvalue weighted by Crippen LogP contribution is 2.22. The molecule has 2 N–H and O–H groups in total. The standard InChI is InChI=1S/C18H22FNO3S/c1-13(14-6-4-3-5-7-14)20-17(12-19)18(21)15-8-10-16(11-9-15)24(2,22)23/h3-11,13,17-18,20-21H,12H2,1-2H3. The first kappa shape index (κ1) is 18.6. The van der Waals surface area contributed by atoms with E-state index in [-0.39, 0.29) is 10.9 Å². The van der Waals surface area contributed by atoms with Crippen molar-refractivity contribution in [2.45, 2.75) is 30.0 Å². The fraction of sp³-hybridized carbons (Fsp3) is 0.333. The maximum absolute atomic E-state index is 13.4. The lowest BCUT2D eigenvalue weighted by Gasteiger charge is -2.26. The molecule has 0 aromatic heterocycles. The average Bonchev–Trinajstić information content (AvgIpc) is 2.59. The van der Waals surface area contributed by atoms with Crippen LogP contribution in [-0.2, 0) is 9.84 Å². The fourth-order valence-corrected chi connectivity index (χ4v) is 3.15. The molecule has 0 fully saturated rings. The van der Waals surface area contributed by atoms with E-state index < -0.39 is 28.7 Å². The highest BCUT2D eigenvalue weighted by molar-refractivity contribution is 7.90. The van der Waals surface area contributed by atoms with Gasteiger partial charge in [-0.15, -0.1) is 0 Å². The summed E-state index contributed by atoms with van der Waals surface area (Å²) in [5, 5.41) is 13.5. The second-order valence-corrected chi connectivity index (χ2v) is 7.86. The van der Waals surface area contributed by atoms with E-state index in [1.54, 1.807) is 0 Å². The zero-order valence-corrected chi connectivity index (χ0v) is 14.5. The topological polar surface area (TPSA) is 66.4 Å². The second kappa shape index (κ2) is 7.88. The molecule has 0 radical (unpaired) electrons. The van der Waals surface area contributed by atoms with Gasteiger partial charge < -0.3 is 10.4 Å². The number of aliphatic hydroxyl groups is 1. The summed E-state index contributed by atoms with van der Waals surface area (Å²) in [6, 6.07) is 14.5. The zero-order chi connectivity index (χ0) is 17.7. The van der Waals surface area contributed by atoms with Gasteiger partial charge in [0.05, 0.1) is 17.0 Å². The average molecular weight is 351 g/mol. The molecule has 4 nitrogen and oxygen atoms in total. The van der Waals surface area contributed by atoms with Crippen molar-refractivity contribution in [3.05, 3.63) is 65.7 Å². The maximum atomic E-state index is 13.4. The van der Waals surface area contributed by atoms with Gasteiger partial charge >= 0.3 is 0 Å². The van der Waals surface area contributed by atoms with Gasteiger partial charge in [-0.25, -0.2) is 12.8 Å². The highest BCUT2D eigenvalue weighted by Gasteiger charge is 2.23. The third kappa shape index (κ3) is 4.63. The lowest BCUT2D eigenvalue weighted by Crippen LogP contribution is -2.38. The predicted octanol–water partition coefficient (Wildman–Crippen LogP) is 2.81. The van der Waals surface area contributed by atoms with Crippen molar-refractivity contribution < 1.29 is 17.9 Å². The molecule has 0 aliphatic carbocycles. The van der Waals surface area contributed by atoms with Crippen LogP contribution in [0, 0.1) is 0 Å². The molecule has 130 valence electrons. The first-order valence-electron chi connectivity index (χ1n) is 7.68. The highest BCUT2D eigenvalue weighted by atomic mass is 32.2. The van der Waals surface area contributed by atoms with Crippen LogP contribution in [-0.4, -0.2) is 32.5 Å². The Morgan fingerprint density at radius 2 is 1.62 bits per heavy atom. The molecule has 6 heteroatoms. The van der Waals surface area contributed by atoms with Crippen LogP contribution < -0.4 is 5.32 Å². The van der Waals surface area contributed by atoms with E-state index in [0.29, 0.717) is 5.56 Å². The third-order valence-electron chi connectivity index (χ3n) is 3.96. The Hall–Kier alpha value is -1.76. The monoisotopic (exact) mass is 351 g/mol. The normalized spacial score (nSPS) is 15.7. The molecule has 0 saturated heterocycles. The summed E-state index contributed by atoms with van der Waals surface area (Å²) < 4.78 is 36.4. The zero-order valence-electron chi connectivity index (χ0n) is 13.7. The minimum atomic E-state index is -3.30. The predicted molar refractivity (Wildman–Crippen MR) is 92.3 cm³/mol. The van der Waals surface area contributed by atoms with Crippen LogP contribution in [0.1, 0.15) is 30.2 Å². The van der Waals surface area contributed by atoms with Crippen molar-refractivity contribution >= 4 is 9.84 Å². The lowest BCUT2D eigenvalue weighted by molar-refractivity contribution is 0.107. The molecule has 3 atom stereocenters. The van der Waals surface area contributed by atoms with Gasteiger partial charge in [-0.3, -0.25) is 0 Å². The van der Waals surface area contributed by atoms with Crippen LogP contribution >= 0.6 is 0 Å². The SMILES string of the molecule is CC(NC(CF)C(O)c1ccc(S(C)(=O)=O)cc1)c1ccccc1. The van der Waals surface area contributed by atoms with E-state index >= 15 is 0 Å². The number of halogens is 1. The molecule has 2 aromatic carbocycles. The molecule has 2 aromatic rings. The van der Waals surface area contributed by atoms with Crippen molar-refractivity contribution in [2.75, 3.05) is 12.9 Å². The quantitative estimate of drug-likeness (QED) is 0.805. The van der Waals surface area contributed by atoms with E-state index in [0.717, 1.165) is 11.8 Å². The molecule has 0 heterocycles. The molecule has 0 bridgehead atoms. The summed E-state index contributed by atoms with van der Waals surface area (Å²) in [6.45, 7) is 1.16. The Bertz CT molecular complexity index is 748. The van der Waals surface area contributed by atoms with Gasteiger partial charge in [0.25, 0.3) is 0 Å². The number of rotatable bonds is 7. The van der Waals surface area contributed by atoms with Gasteiger partial charge in [0.1, 0.15) is 6.67 Å². The first-order valence-corrected chi connectivity index (χ1v) is 9.57. The van der Waals surface area contributed by atoms with Crippen LogP contribution in [0.3, 0.4) is 0 Å². The largest absolute Gasteiger partial charge is 0.387 e. The van der Waals surface area contributed by atoms with E-state index in [2.05, 4.69) is 5.32 Å². The summed E-state index contributed by atoms with van der Waals surface area (Å²) in [5.41, 5.74) is 1.47. The number of aliphatic hydroxyl groups excluding tert-OH is 1. The summed E-state index contributed by atoms with van der Waals surface area (Å²) in [7, 11) is -3.30. The summed E-state index contributed by atoms with van der Waals surface area (Å²) >= 11 is 0. The number of benzene rings is 2. The number of sulfone groups is 1. The van der Waals surface area contributed by atoms with Gasteiger partial charge in [-0.1, -0.05) is 42.5 Å². The Kier molecular flexibility index (Phi) is 6.10. The van der Waals surface area contributed by atoms with Crippen LogP contribution in [0.4, 0.5) is 4.39 Å². The summed E-state index contributed by atoms with van der Waals surface area (Å²) in [4.78, 5) is 0.167. The minimum absolute atomic E-state index is 0.128. The van der Waals surface area contributed by atoms with E-state index in [9.17, 15) is 17.9 Å². The van der Waals surface area contributed by atoms with Crippen LogP contribution in [0.25, 0.3) is 0 Å². The van der Waals surface area contributed by atoms with E-state index in [4.69, 9.17) is 0 Å². The minimum Gasteiger partial charge on any atom is -0.387 e. The number of hydrogen-bond acceptors (Lipinski definition) is 4. The number of nitrogens with one attached hydrogen (secondary N) is 1. The third-order valence-corrected chi connectivity index (χ3v) is 5.09. The van der Waals surface area contributed by atoms with Crippen molar-refractivity contribution in [1.29, 1.82) is 0 Å². The van der Waals surface area contributed by atoms with Crippen molar-refractivity contribution in [1.82, 2.24) is 5.32 Å². The Labute approximate surface area is 142 Å². The molecule has 0 aliphatic rings. The van der Waals surface area contributed by atoms with Gasteiger partial charge in [-0.05, 0) is 30.2 Å². The van der Waals surface area contributed by atoms with Gasteiger partial charge in [0, 0.05) is 12.3 Å². The Balaban J connectivity index is 2.12.